The van der Waals surface area contributed by atoms with Crippen molar-refractivity contribution in [3.63, 3.8) is 0 Å². The van der Waals surface area contributed by atoms with E-state index in [1.165, 1.54) is 0 Å². The van der Waals surface area contributed by atoms with Crippen LogP contribution in [-0.4, -0.2) is 48.4 Å². The van der Waals surface area contributed by atoms with Gasteiger partial charge in [0, 0.05) is 18.8 Å². The lowest BCUT2D eigenvalue weighted by molar-refractivity contribution is -0.123. The molecule has 1 saturated carbocycles. The monoisotopic (exact) mass is 469 g/mol. The van der Waals surface area contributed by atoms with E-state index < -0.39 is 21.5 Å². The van der Waals surface area contributed by atoms with Gasteiger partial charge in [-0.15, -0.1) is 0 Å². The van der Waals surface area contributed by atoms with Gasteiger partial charge in [-0.05, 0) is 44.9 Å². The molecule has 0 aromatic rings. The van der Waals surface area contributed by atoms with Crippen molar-refractivity contribution in [2.75, 3.05) is 11.5 Å². The van der Waals surface area contributed by atoms with Crippen LogP contribution in [-0.2, 0) is 19.4 Å². The lowest BCUT2D eigenvalue weighted by atomic mass is 9.89. The van der Waals surface area contributed by atoms with Gasteiger partial charge in [0.2, 0.25) is 5.91 Å². The van der Waals surface area contributed by atoms with E-state index in [4.69, 9.17) is 0 Å². The molecule has 1 aliphatic heterocycles. The molecule has 0 bridgehead atoms. The zero-order valence-electron chi connectivity index (χ0n) is 20.0. The third-order valence-corrected chi connectivity index (χ3v) is 8.85. The van der Waals surface area contributed by atoms with Gasteiger partial charge in [0.1, 0.15) is 5.78 Å². The van der Waals surface area contributed by atoms with Crippen LogP contribution in [0.25, 0.3) is 0 Å². The number of hydrogen-bond donors (Lipinski definition) is 2. The summed E-state index contributed by atoms with van der Waals surface area (Å²) in [6, 6.07) is 0. The average molecular weight is 470 g/mol. The first-order valence-corrected chi connectivity index (χ1v) is 14.4. The molecule has 2 N–H and O–H groups in total. The molecule has 4 atom stereocenters. The lowest BCUT2D eigenvalue weighted by Crippen LogP contribution is -2.46. The van der Waals surface area contributed by atoms with Gasteiger partial charge in [-0.3, -0.25) is 9.59 Å². The largest absolute Gasteiger partial charge is 0.389 e. The zero-order chi connectivity index (χ0) is 23.6. The summed E-state index contributed by atoms with van der Waals surface area (Å²) in [7, 11) is -3.02. The molecule has 32 heavy (non-hydrogen) atoms. The summed E-state index contributed by atoms with van der Waals surface area (Å²) in [6.45, 7) is 3.96. The number of aliphatic hydroxyl groups excluding tert-OH is 1. The number of hydrogen-bond acceptors (Lipinski definition) is 5. The Labute approximate surface area is 194 Å². The number of allylic oxidation sites excluding steroid dienone is 1. The molecular formula is C25H43NO5S. The molecule has 6 nitrogen and oxygen atoms in total. The minimum absolute atomic E-state index is 0.0343. The normalized spacial score (nSPS) is 28.4. The first kappa shape index (κ1) is 27.0. The topological polar surface area (TPSA) is 101 Å². The highest BCUT2D eigenvalue weighted by Gasteiger charge is 2.39. The van der Waals surface area contributed by atoms with Crippen LogP contribution in [0.1, 0.15) is 97.3 Å². The van der Waals surface area contributed by atoms with Gasteiger partial charge in [0.05, 0.1) is 23.1 Å². The molecule has 1 saturated heterocycles. The number of Topliss-reactive ketones (excluding diaryl/α,β-unsaturated/α-hetero) is 1. The van der Waals surface area contributed by atoms with E-state index in [0.717, 1.165) is 64.2 Å². The number of nitrogens with one attached hydrogen (secondary N) is 1. The number of carbonyl (C=O) groups is 2. The molecule has 2 aliphatic rings. The molecule has 0 aromatic carbocycles. The smallest absolute Gasteiger partial charge is 0.220 e. The SMILES string of the molecule is CCCCC[C@@H](O)C=C[C@H]1CCC(=O)[C@@H]1CCCCCCC(=O)NC1(C)CCS(=O)(=O)C1. The van der Waals surface area contributed by atoms with Gasteiger partial charge in [-0.25, -0.2) is 8.42 Å². The molecule has 7 heteroatoms. The minimum atomic E-state index is -3.02. The Morgan fingerprint density at radius 2 is 1.97 bits per heavy atom. The molecule has 184 valence electrons. The second-order valence-corrected chi connectivity index (χ2v) is 12.3. The second-order valence-electron chi connectivity index (χ2n) is 10.1. The number of aliphatic hydroxyl groups is 1. The summed E-state index contributed by atoms with van der Waals surface area (Å²) < 4.78 is 23.3. The Kier molecular flexibility index (Phi) is 10.9. The third kappa shape index (κ3) is 9.34. The van der Waals surface area contributed by atoms with E-state index in [9.17, 15) is 23.1 Å². The third-order valence-electron chi connectivity index (χ3n) is 6.95. The average Bonchev–Trinajstić information content (AvgIpc) is 3.20. The summed E-state index contributed by atoms with van der Waals surface area (Å²) >= 11 is 0. The summed E-state index contributed by atoms with van der Waals surface area (Å²) in [5, 5.41) is 13.0. The van der Waals surface area contributed by atoms with E-state index in [0.29, 0.717) is 25.0 Å². The summed E-state index contributed by atoms with van der Waals surface area (Å²) in [6.07, 6.45) is 14.6. The van der Waals surface area contributed by atoms with Crippen molar-refractivity contribution in [1.29, 1.82) is 0 Å². The summed E-state index contributed by atoms with van der Waals surface area (Å²) in [5.41, 5.74) is -0.620. The molecule has 1 aliphatic carbocycles. The molecule has 1 unspecified atom stereocenters. The second kappa shape index (κ2) is 12.9. The number of unbranched alkanes of at least 4 members (excludes halogenated alkanes) is 5. The maximum Gasteiger partial charge on any atom is 0.220 e. The molecule has 2 fully saturated rings. The fraction of sp³-hybridized carbons (Fsp3) is 0.840. The Morgan fingerprint density at radius 1 is 1.22 bits per heavy atom. The van der Waals surface area contributed by atoms with Crippen LogP contribution in [0.4, 0.5) is 0 Å². The van der Waals surface area contributed by atoms with Crippen LogP contribution in [0.3, 0.4) is 0 Å². The van der Waals surface area contributed by atoms with Crippen LogP contribution in [0.15, 0.2) is 12.2 Å². The van der Waals surface area contributed by atoms with Gasteiger partial charge in [-0.1, -0.05) is 57.6 Å². The van der Waals surface area contributed by atoms with Gasteiger partial charge in [0.25, 0.3) is 0 Å². The molecule has 1 amide bonds. The number of amides is 1. The van der Waals surface area contributed by atoms with Crippen molar-refractivity contribution in [2.45, 2.75) is 109 Å². The van der Waals surface area contributed by atoms with Crippen molar-refractivity contribution in [3.05, 3.63) is 12.2 Å². The maximum atomic E-state index is 12.3. The minimum Gasteiger partial charge on any atom is -0.389 e. The summed E-state index contributed by atoms with van der Waals surface area (Å²) in [5.74, 6) is 0.779. The molecular weight excluding hydrogens is 426 g/mol. The molecule has 0 radical (unpaired) electrons. The first-order valence-electron chi connectivity index (χ1n) is 12.5. The van der Waals surface area contributed by atoms with Crippen molar-refractivity contribution < 1.29 is 23.1 Å². The fourth-order valence-corrected chi connectivity index (χ4v) is 7.11. The molecule has 0 aromatic heterocycles. The van der Waals surface area contributed by atoms with Gasteiger partial charge in [-0.2, -0.15) is 0 Å². The van der Waals surface area contributed by atoms with Gasteiger partial charge < -0.3 is 10.4 Å². The summed E-state index contributed by atoms with van der Waals surface area (Å²) in [4.78, 5) is 24.5. The number of sulfone groups is 1. The highest BCUT2D eigenvalue weighted by Crippen LogP contribution is 2.34. The van der Waals surface area contributed by atoms with Crippen LogP contribution in [0.2, 0.25) is 0 Å². The van der Waals surface area contributed by atoms with Crippen LogP contribution < -0.4 is 5.32 Å². The van der Waals surface area contributed by atoms with Crippen molar-refractivity contribution >= 4 is 21.5 Å². The Morgan fingerprint density at radius 3 is 2.66 bits per heavy atom. The molecule has 0 spiro atoms. The highest BCUT2D eigenvalue weighted by atomic mass is 32.2. The Balaban J connectivity index is 1.61. The first-order chi connectivity index (χ1) is 15.1. The van der Waals surface area contributed by atoms with Crippen LogP contribution >= 0.6 is 0 Å². The predicted molar refractivity (Wildman–Crippen MR) is 128 cm³/mol. The quantitative estimate of drug-likeness (QED) is 0.294. The Hall–Kier alpha value is -1.21. The molecule has 2 rings (SSSR count). The zero-order valence-corrected chi connectivity index (χ0v) is 20.8. The van der Waals surface area contributed by atoms with E-state index in [1.54, 1.807) is 0 Å². The lowest BCUT2D eigenvalue weighted by Gasteiger charge is -2.23. The maximum absolute atomic E-state index is 12.3. The predicted octanol–water partition coefficient (Wildman–Crippen LogP) is 4.11. The number of carbonyl (C=O) groups excluding carboxylic acids is 2. The molecule has 1 heterocycles. The number of rotatable bonds is 14. The Bertz CT molecular complexity index is 747. The van der Waals surface area contributed by atoms with Crippen molar-refractivity contribution in [3.8, 4) is 0 Å². The van der Waals surface area contributed by atoms with Gasteiger partial charge in [0.15, 0.2) is 9.84 Å². The van der Waals surface area contributed by atoms with Gasteiger partial charge >= 0.3 is 0 Å². The van der Waals surface area contributed by atoms with E-state index in [2.05, 4.69) is 18.3 Å². The van der Waals surface area contributed by atoms with Crippen molar-refractivity contribution in [2.24, 2.45) is 11.8 Å². The van der Waals surface area contributed by atoms with Crippen LogP contribution in [0, 0.1) is 11.8 Å². The van der Waals surface area contributed by atoms with E-state index in [-0.39, 0.29) is 29.2 Å². The standard InChI is InChI=1S/C25H43NO5S/c1-3-4-7-10-21(27)15-13-20-14-16-23(28)22(20)11-8-5-6-9-12-24(29)26-25(2)17-18-32(30,31)19-25/h13,15,20-22,27H,3-12,14,16-19H2,1-2H3,(H,26,29)/t20-,21+,22+,25?/m0/s1. The van der Waals surface area contributed by atoms with E-state index >= 15 is 0 Å². The van der Waals surface area contributed by atoms with Crippen molar-refractivity contribution in [1.82, 2.24) is 5.32 Å². The highest BCUT2D eigenvalue weighted by molar-refractivity contribution is 7.91. The van der Waals surface area contributed by atoms with E-state index in [1.807, 2.05) is 13.0 Å². The fourth-order valence-electron chi connectivity index (χ4n) is 5.02. The van der Waals surface area contributed by atoms with Crippen LogP contribution in [0.5, 0.6) is 0 Å². The number of ketones is 1.